The number of carboxylic acid groups (broad SMARTS) is 2. The highest BCUT2D eigenvalue weighted by Crippen LogP contribution is 2.43. The molecule has 0 bridgehead atoms. The van der Waals surface area contributed by atoms with Crippen LogP contribution in [0.3, 0.4) is 0 Å². The maximum Gasteiger partial charge on any atom is 0.307 e. The fourth-order valence-electron chi connectivity index (χ4n) is 3.22. The van der Waals surface area contributed by atoms with Crippen molar-refractivity contribution >= 4 is 22.7 Å². The summed E-state index contributed by atoms with van der Waals surface area (Å²) in [5, 5.41) is 20.5. The van der Waals surface area contributed by atoms with Gasteiger partial charge in [-0.15, -0.1) is 0 Å². The van der Waals surface area contributed by atoms with Gasteiger partial charge in [0.05, 0.1) is 12.3 Å². The van der Waals surface area contributed by atoms with Gasteiger partial charge in [0.15, 0.2) is 0 Å². The van der Waals surface area contributed by atoms with E-state index < -0.39 is 17.9 Å². The molecule has 0 aliphatic heterocycles. The van der Waals surface area contributed by atoms with E-state index in [2.05, 4.69) is 0 Å². The smallest absolute Gasteiger partial charge is 0.307 e. The topological polar surface area (TPSA) is 74.6 Å². The molecule has 2 unspecified atom stereocenters. The van der Waals surface area contributed by atoms with Crippen molar-refractivity contribution in [1.82, 2.24) is 0 Å². The van der Waals surface area contributed by atoms with Gasteiger partial charge in [-0.2, -0.15) is 0 Å². The number of carbonyl (C=O) groups is 2. The van der Waals surface area contributed by atoms with E-state index in [-0.39, 0.29) is 12.3 Å². The van der Waals surface area contributed by atoms with Crippen LogP contribution in [0, 0.1) is 5.92 Å². The summed E-state index contributed by atoms with van der Waals surface area (Å²) in [6, 6.07) is 11.8. The van der Waals surface area contributed by atoms with Gasteiger partial charge in [-0.05, 0) is 28.3 Å². The maximum atomic E-state index is 11.4. The summed E-state index contributed by atoms with van der Waals surface area (Å²) in [7, 11) is 0. The molecule has 0 heterocycles. The van der Waals surface area contributed by atoms with Crippen LogP contribution in [0.5, 0.6) is 0 Å². The van der Waals surface area contributed by atoms with Gasteiger partial charge in [-0.25, -0.2) is 0 Å². The van der Waals surface area contributed by atoms with E-state index in [1.54, 1.807) is 0 Å². The highest BCUT2D eigenvalue weighted by atomic mass is 16.4. The van der Waals surface area contributed by atoms with Crippen LogP contribution in [0.15, 0.2) is 36.4 Å². The Balaban J connectivity index is 2.09. The normalized spacial score (nSPS) is 18.1. The average molecular weight is 270 g/mol. The Bertz CT molecular complexity index is 699. The highest BCUT2D eigenvalue weighted by Gasteiger charge is 2.36. The fourth-order valence-corrected chi connectivity index (χ4v) is 3.22. The number of rotatable bonds is 4. The molecule has 2 aromatic rings. The van der Waals surface area contributed by atoms with E-state index >= 15 is 0 Å². The predicted octanol–water partition coefficient (Wildman–Crippen LogP) is 2.66. The van der Waals surface area contributed by atoms with Crippen molar-refractivity contribution in [2.75, 3.05) is 0 Å². The third kappa shape index (κ3) is 1.93. The molecule has 0 spiro atoms. The molecule has 102 valence electrons. The van der Waals surface area contributed by atoms with E-state index in [4.69, 9.17) is 5.11 Å². The second-order valence-corrected chi connectivity index (χ2v) is 5.22. The zero-order valence-corrected chi connectivity index (χ0v) is 10.7. The third-order valence-corrected chi connectivity index (χ3v) is 4.06. The number of hydrogen-bond donors (Lipinski definition) is 2. The van der Waals surface area contributed by atoms with E-state index in [0.29, 0.717) is 6.42 Å². The van der Waals surface area contributed by atoms with Crippen LogP contribution >= 0.6 is 0 Å². The van der Waals surface area contributed by atoms with Gasteiger partial charge < -0.3 is 10.2 Å². The first-order valence-electron chi connectivity index (χ1n) is 6.53. The van der Waals surface area contributed by atoms with E-state index in [1.807, 2.05) is 36.4 Å². The molecule has 0 fully saturated rings. The lowest BCUT2D eigenvalue weighted by molar-refractivity contribution is -0.149. The molecule has 2 aromatic carbocycles. The molecule has 0 aromatic heterocycles. The van der Waals surface area contributed by atoms with Gasteiger partial charge in [-0.1, -0.05) is 36.4 Å². The molecule has 3 rings (SSSR count). The van der Waals surface area contributed by atoms with Crippen LogP contribution in [0.2, 0.25) is 0 Å². The Morgan fingerprint density at radius 3 is 2.50 bits per heavy atom. The van der Waals surface area contributed by atoms with Crippen LogP contribution in [-0.4, -0.2) is 22.2 Å². The minimum absolute atomic E-state index is 0.260. The Morgan fingerprint density at radius 1 is 1.15 bits per heavy atom. The average Bonchev–Trinajstić information content (AvgIpc) is 2.77. The number of benzene rings is 2. The molecule has 0 saturated carbocycles. The molecule has 2 atom stereocenters. The van der Waals surface area contributed by atoms with Crippen molar-refractivity contribution in [3.63, 3.8) is 0 Å². The lowest BCUT2D eigenvalue weighted by Gasteiger charge is -2.19. The summed E-state index contributed by atoms with van der Waals surface area (Å²) < 4.78 is 0. The van der Waals surface area contributed by atoms with Crippen LogP contribution in [0.4, 0.5) is 0 Å². The molecule has 0 amide bonds. The summed E-state index contributed by atoms with van der Waals surface area (Å²) in [5.74, 6) is -3.25. The molecule has 4 heteroatoms. The molecule has 1 aliphatic carbocycles. The zero-order chi connectivity index (χ0) is 14.3. The first kappa shape index (κ1) is 12.7. The van der Waals surface area contributed by atoms with Crippen LogP contribution in [0.1, 0.15) is 23.5 Å². The summed E-state index contributed by atoms with van der Waals surface area (Å²) in [6.45, 7) is 0. The second kappa shape index (κ2) is 4.63. The minimum atomic E-state index is -1.07. The van der Waals surface area contributed by atoms with Gasteiger partial charge in [0, 0.05) is 5.92 Å². The zero-order valence-electron chi connectivity index (χ0n) is 10.7. The summed E-state index contributed by atoms with van der Waals surface area (Å²) in [5.41, 5.74) is 2.08. The first-order valence-corrected chi connectivity index (χ1v) is 6.53. The van der Waals surface area contributed by atoms with Crippen molar-refractivity contribution in [3.8, 4) is 0 Å². The van der Waals surface area contributed by atoms with Crippen molar-refractivity contribution in [1.29, 1.82) is 0 Å². The summed E-state index contributed by atoms with van der Waals surface area (Å²) in [4.78, 5) is 22.4. The Morgan fingerprint density at radius 2 is 1.85 bits per heavy atom. The van der Waals surface area contributed by atoms with E-state index in [1.165, 1.54) is 0 Å². The van der Waals surface area contributed by atoms with Crippen LogP contribution in [-0.2, 0) is 16.0 Å². The van der Waals surface area contributed by atoms with Gasteiger partial charge in [0.25, 0.3) is 0 Å². The maximum absolute atomic E-state index is 11.4. The molecule has 1 aliphatic rings. The number of aliphatic carboxylic acids is 2. The number of carboxylic acids is 2. The Kier molecular flexibility index (Phi) is 2.93. The quantitative estimate of drug-likeness (QED) is 0.895. The molecule has 2 N–H and O–H groups in total. The predicted molar refractivity (Wildman–Crippen MR) is 73.8 cm³/mol. The van der Waals surface area contributed by atoms with Crippen molar-refractivity contribution in [2.24, 2.45) is 5.92 Å². The monoisotopic (exact) mass is 270 g/mol. The van der Waals surface area contributed by atoms with Crippen LogP contribution in [0.25, 0.3) is 10.8 Å². The summed E-state index contributed by atoms with van der Waals surface area (Å²) in [6.07, 6.45) is 0.255. The lowest BCUT2D eigenvalue weighted by atomic mass is 9.84. The molecular weight excluding hydrogens is 256 g/mol. The summed E-state index contributed by atoms with van der Waals surface area (Å²) >= 11 is 0. The molecule has 20 heavy (non-hydrogen) atoms. The van der Waals surface area contributed by atoms with E-state index in [0.717, 1.165) is 21.9 Å². The van der Waals surface area contributed by atoms with Crippen molar-refractivity contribution in [3.05, 3.63) is 47.5 Å². The Hall–Kier alpha value is -2.36. The second-order valence-electron chi connectivity index (χ2n) is 5.22. The van der Waals surface area contributed by atoms with Gasteiger partial charge >= 0.3 is 11.9 Å². The molecule has 0 saturated heterocycles. The third-order valence-electron chi connectivity index (χ3n) is 4.06. The SMILES string of the molecule is O=C(O)CC(C(=O)O)C1Cc2cccc3cccc1c23. The Labute approximate surface area is 115 Å². The van der Waals surface area contributed by atoms with Gasteiger partial charge in [0.1, 0.15) is 0 Å². The molecule has 0 radical (unpaired) electrons. The van der Waals surface area contributed by atoms with Crippen molar-refractivity contribution < 1.29 is 19.8 Å². The fraction of sp³-hybridized carbons (Fsp3) is 0.250. The van der Waals surface area contributed by atoms with Crippen molar-refractivity contribution in [2.45, 2.75) is 18.8 Å². The highest BCUT2D eigenvalue weighted by molar-refractivity contribution is 5.92. The number of hydrogen-bond acceptors (Lipinski definition) is 2. The standard InChI is InChI=1S/C16H14O4/c17-14(18)8-13(16(19)20)12-7-10-5-1-3-9-4-2-6-11(12)15(9)10/h1-6,12-13H,7-8H2,(H,17,18)(H,19,20). The largest absolute Gasteiger partial charge is 0.481 e. The van der Waals surface area contributed by atoms with Gasteiger partial charge in [-0.3, -0.25) is 9.59 Å². The first-order chi connectivity index (χ1) is 9.58. The molecule has 4 nitrogen and oxygen atoms in total. The van der Waals surface area contributed by atoms with Crippen LogP contribution < -0.4 is 0 Å². The van der Waals surface area contributed by atoms with E-state index in [9.17, 15) is 14.7 Å². The molecular formula is C16H14O4. The minimum Gasteiger partial charge on any atom is -0.481 e. The lowest BCUT2D eigenvalue weighted by Crippen LogP contribution is -2.24. The van der Waals surface area contributed by atoms with Gasteiger partial charge in [0.2, 0.25) is 0 Å².